The van der Waals surface area contributed by atoms with Crippen LogP contribution in [0, 0.1) is 0 Å². The Morgan fingerprint density at radius 2 is 1.85 bits per heavy atom. The first-order valence-electron chi connectivity index (χ1n) is 7.97. The summed E-state index contributed by atoms with van der Waals surface area (Å²) in [5, 5.41) is 71.7. The first-order valence-corrected chi connectivity index (χ1v) is 7.97. The van der Waals surface area contributed by atoms with E-state index in [-0.39, 0.29) is 0 Å². The maximum Gasteiger partial charge on any atom is 0.332 e. The summed E-state index contributed by atoms with van der Waals surface area (Å²) in [6.45, 7) is -1.49. The molecule has 1 aromatic rings. The van der Waals surface area contributed by atoms with E-state index in [9.17, 15) is 45.3 Å². The molecular formula is C14H20N2O11. The predicted octanol–water partition coefficient (Wildman–Crippen LogP) is -5.90. The second kappa shape index (κ2) is 6.73. The number of aromatic amines is 1. The number of ether oxygens (including phenoxy) is 2. The van der Waals surface area contributed by atoms with E-state index < -0.39 is 72.6 Å². The minimum absolute atomic E-state index is 0.334. The first kappa shape index (κ1) is 20.1. The van der Waals surface area contributed by atoms with E-state index in [0.717, 1.165) is 12.3 Å². The van der Waals surface area contributed by atoms with Gasteiger partial charge in [0.05, 0.1) is 13.2 Å². The van der Waals surface area contributed by atoms with Gasteiger partial charge < -0.3 is 45.2 Å². The van der Waals surface area contributed by atoms with Crippen LogP contribution < -0.4 is 11.2 Å². The maximum atomic E-state index is 12.1. The quantitative estimate of drug-likeness (QED) is 0.242. The largest absolute Gasteiger partial charge is 0.394 e. The third-order valence-electron chi connectivity index (χ3n) is 4.91. The lowest BCUT2D eigenvalue weighted by atomic mass is 9.80. The van der Waals surface area contributed by atoms with Crippen LogP contribution >= 0.6 is 0 Å². The van der Waals surface area contributed by atoms with E-state index in [1.54, 1.807) is 0 Å². The molecule has 0 radical (unpaired) electrons. The zero-order chi connectivity index (χ0) is 20.1. The second-order valence-electron chi connectivity index (χ2n) is 6.50. The molecule has 2 saturated heterocycles. The van der Waals surface area contributed by atoms with Crippen molar-refractivity contribution in [2.24, 2.45) is 0 Å². The first-order chi connectivity index (χ1) is 12.6. The molecule has 27 heavy (non-hydrogen) atoms. The lowest BCUT2D eigenvalue weighted by molar-refractivity contribution is -0.366. The molecule has 0 saturated carbocycles. The number of nitrogens with zero attached hydrogens (tertiary/aromatic N) is 1. The zero-order valence-electron chi connectivity index (χ0n) is 13.7. The van der Waals surface area contributed by atoms with Gasteiger partial charge in [0.25, 0.3) is 11.5 Å². The Morgan fingerprint density at radius 1 is 1.19 bits per heavy atom. The molecule has 0 spiro atoms. The number of nitrogens with one attached hydrogen (secondary N) is 1. The number of aliphatic hydroxyl groups excluding tert-OH is 5. The number of aromatic nitrogens is 2. The summed E-state index contributed by atoms with van der Waals surface area (Å²) in [6.07, 6.45) is -10.3. The number of H-pyrrole nitrogens is 1. The van der Waals surface area contributed by atoms with Gasteiger partial charge in [0, 0.05) is 12.3 Å². The van der Waals surface area contributed by atoms with Crippen molar-refractivity contribution in [1.82, 2.24) is 9.55 Å². The molecule has 2 aliphatic rings. The van der Waals surface area contributed by atoms with Gasteiger partial charge in [0.15, 0.2) is 5.60 Å². The molecule has 2 aliphatic heterocycles. The van der Waals surface area contributed by atoms with Gasteiger partial charge in [0.1, 0.15) is 36.6 Å². The molecule has 13 heteroatoms. The van der Waals surface area contributed by atoms with Crippen LogP contribution in [0.5, 0.6) is 0 Å². The number of hydrogen-bond donors (Lipinski definition) is 8. The highest BCUT2D eigenvalue weighted by Crippen LogP contribution is 2.46. The van der Waals surface area contributed by atoms with Gasteiger partial charge in [-0.15, -0.1) is 0 Å². The van der Waals surface area contributed by atoms with Crippen molar-refractivity contribution in [3.63, 3.8) is 0 Å². The zero-order valence-corrected chi connectivity index (χ0v) is 13.7. The molecular weight excluding hydrogens is 372 g/mol. The fraction of sp³-hybridized carbons (Fsp3) is 0.714. The van der Waals surface area contributed by atoms with Crippen molar-refractivity contribution in [3.05, 3.63) is 33.1 Å². The van der Waals surface area contributed by atoms with Crippen LogP contribution in [0.3, 0.4) is 0 Å². The SMILES string of the molecule is O=c1ccn([C@]2(O)O[C@H](CO)[C@@H](O)[C@]2(O)[C@@H]2OC[C@@H](O)[C@@H](O)[C@H]2O)c(=O)[nH]1. The molecule has 8 N–H and O–H groups in total. The van der Waals surface area contributed by atoms with Crippen molar-refractivity contribution in [3.8, 4) is 0 Å². The maximum absolute atomic E-state index is 12.1. The average molecular weight is 392 g/mol. The Bertz CT molecular complexity index is 811. The fourth-order valence-electron chi connectivity index (χ4n) is 3.44. The van der Waals surface area contributed by atoms with Crippen molar-refractivity contribution >= 4 is 0 Å². The van der Waals surface area contributed by atoms with Crippen LogP contribution in [0.25, 0.3) is 0 Å². The lowest BCUT2D eigenvalue weighted by Gasteiger charge is -2.47. The molecule has 0 aromatic carbocycles. The van der Waals surface area contributed by atoms with Crippen LogP contribution in [-0.4, -0.2) is 101 Å². The smallest absolute Gasteiger partial charge is 0.332 e. The summed E-state index contributed by atoms with van der Waals surface area (Å²) in [7, 11) is 0. The minimum Gasteiger partial charge on any atom is -0.394 e. The molecule has 0 aliphatic carbocycles. The van der Waals surface area contributed by atoms with E-state index in [1.807, 2.05) is 4.98 Å². The second-order valence-corrected chi connectivity index (χ2v) is 6.50. The molecule has 0 amide bonds. The van der Waals surface area contributed by atoms with Crippen molar-refractivity contribution in [2.75, 3.05) is 13.2 Å². The molecule has 3 heterocycles. The van der Waals surface area contributed by atoms with Gasteiger partial charge in [-0.1, -0.05) is 0 Å². The highest BCUT2D eigenvalue weighted by Gasteiger charge is 2.72. The van der Waals surface area contributed by atoms with Crippen LogP contribution in [0.1, 0.15) is 0 Å². The van der Waals surface area contributed by atoms with Crippen LogP contribution in [-0.2, 0) is 15.4 Å². The van der Waals surface area contributed by atoms with E-state index in [4.69, 9.17) is 9.47 Å². The van der Waals surface area contributed by atoms with Gasteiger partial charge in [-0.2, -0.15) is 0 Å². The van der Waals surface area contributed by atoms with Crippen molar-refractivity contribution < 1.29 is 45.2 Å². The Balaban J connectivity index is 2.16. The van der Waals surface area contributed by atoms with E-state index >= 15 is 0 Å². The van der Waals surface area contributed by atoms with Crippen LogP contribution in [0.15, 0.2) is 21.9 Å². The topological polar surface area (TPSA) is 215 Å². The molecule has 0 unspecified atom stereocenters. The Hall–Kier alpha value is -1.68. The summed E-state index contributed by atoms with van der Waals surface area (Å²) in [5.74, 6) is -3.12. The van der Waals surface area contributed by atoms with Crippen LogP contribution in [0.2, 0.25) is 0 Å². The van der Waals surface area contributed by atoms with Gasteiger partial charge in [0.2, 0.25) is 0 Å². The van der Waals surface area contributed by atoms with Crippen LogP contribution in [0.4, 0.5) is 0 Å². The third kappa shape index (κ3) is 2.75. The number of aliphatic hydroxyl groups is 7. The minimum atomic E-state index is -3.12. The Labute approximate surface area is 150 Å². The normalized spacial score (nSPS) is 45.1. The van der Waals surface area contributed by atoms with E-state index in [2.05, 4.69) is 0 Å². The lowest BCUT2D eigenvalue weighted by Crippen LogP contribution is -2.72. The van der Waals surface area contributed by atoms with Gasteiger partial charge in [-0.3, -0.25) is 9.78 Å². The van der Waals surface area contributed by atoms with E-state index in [1.165, 1.54) is 0 Å². The Kier molecular flexibility index (Phi) is 5.00. The molecule has 1 aromatic heterocycles. The van der Waals surface area contributed by atoms with Crippen molar-refractivity contribution in [1.29, 1.82) is 0 Å². The summed E-state index contributed by atoms with van der Waals surface area (Å²) in [5.41, 5.74) is -5.06. The third-order valence-corrected chi connectivity index (χ3v) is 4.91. The molecule has 3 rings (SSSR count). The summed E-state index contributed by atoms with van der Waals surface area (Å²) in [4.78, 5) is 25.2. The monoisotopic (exact) mass is 392 g/mol. The molecule has 2 fully saturated rings. The van der Waals surface area contributed by atoms with Crippen molar-refractivity contribution in [2.45, 2.75) is 48.1 Å². The Morgan fingerprint density at radius 3 is 2.44 bits per heavy atom. The van der Waals surface area contributed by atoms with Gasteiger partial charge in [-0.05, 0) is 0 Å². The molecule has 152 valence electrons. The fourth-order valence-corrected chi connectivity index (χ4v) is 3.44. The predicted molar refractivity (Wildman–Crippen MR) is 82.2 cm³/mol. The molecule has 13 nitrogen and oxygen atoms in total. The molecule has 8 atom stereocenters. The standard InChI is InChI=1S/C14H20N2O11/c17-3-6-10(22)13(24,11-9(21)8(20)5(18)4-26-11)14(25,27-6)16-2-1-7(19)15-12(16)23/h1-2,5-6,8-11,17-18,20-22,24-25H,3-4H2,(H,15,19,23)/t5-,6-,8-,9-,10-,11-,13+,14-/m1/s1. The summed E-state index contributed by atoms with van der Waals surface area (Å²) >= 11 is 0. The molecule has 0 bridgehead atoms. The number of rotatable bonds is 3. The highest BCUT2D eigenvalue weighted by molar-refractivity contribution is 5.14. The van der Waals surface area contributed by atoms with E-state index in [0.29, 0.717) is 4.57 Å². The van der Waals surface area contributed by atoms with Gasteiger partial charge >= 0.3 is 5.69 Å². The average Bonchev–Trinajstić information content (AvgIpc) is 2.81. The summed E-state index contributed by atoms with van der Waals surface area (Å²) < 4.78 is 10.6. The number of hydrogen-bond acceptors (Lipinski definition) is 11. The summed E-state index contributed by atoms with van der Waals surface area (Å²) in [6, 6.07) is 0.818. The highest BCUT2D eigenvalue weighted by atomic mass is 16.7. The van der Waals surface area contributed by atoms with Gasteiger partial charge in [-0.25, -0.2) is 9.36 Å².